The molecule has 5 heteroatoms. The highest BCUT2D eigenvalue weighted by atomic mass is 32.1. The molecule has 1 spiro atoms. The van der Waals surface area contributed by atoms with E-state index in [4.69, 9.17) is 4.74 Å². The molecule has 4 rings (SSSR count). The molecule has 0 unspecified atom stereocenters. The van der Waals surface area contributed by atoms with E-state index >= 15 is 0 Å². The van der Waals surface area contributed by atoms with Crippen molar-refractivity contribution in [3.63, 3.8) is 0 Å². The SMILES string of the molecule is O=C(Cc1cccnc1)N1CCC2(CC1)OCCc1ccsc12. The number of carbonyl (C=O) groups is 1. The number of rotatable bonds is 2. The van der Waals surface area contributed by atoms with E-state index in [2.05, 4.69) is 16.4 Å². The maximum Gasteiger partial charge on any atom is 0.227 e. The van der Waals surface area contributed by atoms with Crippen molar-refractivity contribution < 1.29 is 9.53 Å². The Hall–Kier alpha value is -1.72. The van der Waals surface area contributed by atoms with Gasteiger partial charge in [-0.15, -0.1) is 11.3 Å². The molecule has 1 amide bonds. The molecule has 2 aromatic heterocycles. The Labute approximate surface area is 140 Å². The van der Waals surface area contributed by atoms with Crippen LogP contribution in [0.4, 0.5) is 0 Å². The van der Waals surface area contributed by atoms with Gasteiger partial charge in [-0.05, 0) is 47.9 Å². The van der Waals surface area contributed by atoms with Gasteiger partial charge < -0.3 is 9.64 Å². The average Bonchev–Trinajstić information content (AvgIpc) is 3.07. The van der Waals surface area contributed by atoms with E-state index in [-0.39, 0.29) is 11.5 Å². The van der Waals surface area contributed by atoms with Gasteiger partial charge in [-0.1, -0.05) is 6.07 Å². The molecule has 0 atom stereocenters. The van der Waals surface area contributed by atoms with Gasteiger partial charge in [0.15, 0.2) is 0 Å². The lowest BCUT2D eigenvalue weighted by Gasteiger charge is -2.43. The van der Waals surface area contributed by atoms with Crippen molar-refractivity contribution in [1.29, 1.82) is 0 Å². The molecular formula is C18H20N2O2S. The molecule has 0 N–H and O–H groups in total. The van der Waals surface area contributed by atoms with E-state index in [9.17, 15) is 4.79 Å². The molecule has 2 aliphatic rings. The molecule has 0 radical (unpaired) electrons. The maximum absolute atomic E-state index is 12.5. The normalized spacial score (nSPS) is 19.6. The number of fused-ring (bicyclic) bond motifs is 2. The van der Waals surface area contributed by atoms with Crippen LogP contribution in [-0.4, -0.2) is 35.5 Å². The van der Waals surface area contributed by atoms with E-state index in [1.165, 1.54) is 10.4 Å². The molecule has 1 saturated heterocycles. The van der Waals surface area contributed by atoms with Crippen LogP contribution in [0.15, 0.2) is 36.0 Å². The first-order valence-corrected chi connectivity index (χ1v) is 9.02. The minimum absolute atomic E-state index is 0.146. The molecule has 2 aromatic rings. The molecular weight excluding hydrogens is 308 g/mol. The van der Waals surface area contributed by atoms with Crippen LogP contribution in [-0.2, 0) is 28.0 Å². The number of thiophene rings is 1. The van der Waals surface area contributed by atoms with E-state index < -0.39 is 0 Å². The van der Waals surface area contributed by atoms with Gasteiger partial charge in [0.25, 0.3) is 0 Å². The summed E-state index contributed by atoms with van der Waals surface area (Å²) in [5.41, 5.74) is 2.27. The summed E-state index contributed by atoms with van der Waals surface area (Å²) in [5.74, 6) is 0.190. The van der Waals surface area contributed by atoms with Gasteiger partial charge in [0.05, 0.1) is 13.0 Å². The van der Waals surface area contributed by atoms with Crippen molar-refractivity contribution in [2.75, 3.05) is 19.7 Å². The minimum atomic E-state index is -0.146. The van der Waals surface area contributed by atoms with E-state index in [1.807, 2.05) is 17.0 Å². The summed E-state index contributed by atoms with van der Waals surface area (Å²) in [7, 11) is 0. The second-order valence-corrected chi connectivity index (χ2v) is 7.20. The minimum Gasteiger partial charge on any atom is -0.369 e. The third kappa shape index (κ3) is 2.79. The van der Waals surface area contributed by atoms with Gasteiger partial charge in [0, 0.05) is 30.4 Å². The van der Waals surface area contributed by atoms with Gasteiger partial charge >= 0.3 is 0 Å². The van der Waals surface area contributed by atoms with Crippen LogP contribution in [0.3, 0.4) is 0 Å². The van der Waals surface area contributed by atoms with Crippen molar-refractivity contribution in [1.82, 2.24) is 9.88 Å². The largest absolute Gasteiger partial charge is 0.369 e. The van der Waals surface area contributed by atoms with Gasteiger partial charge in [-0.25, -0.2) is 0 Å². The van der Waals surface area contributed by atoms with E-state index in [0.717, 1.165) is 44.5 Å². The monoisotopic (exact) mass is 328 g/mol. The summed E-state index contributed by atoms with van der Waals surface area (Å²) in [4.78, 5) is 19.9. The molecule has 2 aliphatic heterocycles. The van der Waals surface area contributed by atoms with Crippen molar-refractivity contribution in [2.45, 2.75) is 31.3 Å². The number of pyridine rings is 1. The lowest BCUT2D eigenvalue weighted by atomic mass is 9.85. The first-order valence-electron chi connectivity index (χ1n) is 8.14. The number of hydrogen-bond acceptors (Lipinski definition) is 4. The fourth-order valence-corrected chi connectivity index (χ4v) is 4.80. The maximum atomic E-state index is 12.5. The highest BCUT2D eigenvalue weighted by molar-refractivity contribution is 7.10. The third-order valence-corrected chi connectivity index (χ3v) is 6.05. The Kier molecular flexibility index (Phi) is 3.91. The van der Waals surface area contributed by atoms with Crippen LogP contribution in [0.5, 0.6) is 0 Å². The highest BCUT2D eigenvalue weighted by Crippen LogP contribution is 2.44. The zero-order valence-electron chi connectivity index (χ0n) is 13.0. The Balaban J connectivity index is 1.43. The number of hydrogen-bond donors (Lipinski definition) is 0. The summed E-state index contributed by atoms with van der Waals surface area (Å²) < 4.78 is 6.20. The van der Waals surface area contributed by atoms with Gasteiger partial charge in [-0.2, -0.15) is 0 Å². The molecule has 23 heavy (non-hydrogen) atoms. The predicted molar refractivity (Wildman–Crippen MR) is 89.4 cm³/mol. The molecule has 0 saturated carbocycles. The second kappa shape index (κ2) is 6.06. The first kappa shape index (κ1) is 14.8. The van der Waals surface area contributed by atoms with Crippen molar-refractivity contribution >= 4 is 17.2 Å². The number of piperidine rings is 1. The fraction of sp³-hybridized carbons (Fsp3) is 0.444. The van der Waals surface area contributed by atoms with Crippen molar-refractivity contribution in [3.05, 3.63) is 52.0 Å². The van der Waals surface area contributed by atoms with Crippen LogP contribution < -0.4 is 0 Å². The molecule has 0 aliphatic carbocycles. The number of ether oxygens (including phenoxy) is 1. The van der Waals surface area contributed by atoms with Gasteiger partial charge in [0.2, 0.25) is 5.91 Å². The first-order chi connectivity index (χ1) is 11.3. The summed E-state index contributed by atoms with van der Waals surface area (Å²) in [6.45, 7) is 2.35. The van der Waals surface area contributed by atoms with Gasteiger partial charge in [0.1, 0.15) is 5.60 Å². The van der Waals surface area contributed by atoms with Crippen LogP contribution in [0.2, 0.25) is 0 Å². The lowest BCUT2D eigenvalue weighted by molar-refractivity contribution is -0.139. The zero-order valence-corrected chi connectivity index (χ0v) is 13.8. The Morgan fingerprint density at radius 1 is 1.35 bits per heavy atom. The molecule has 1 fully saturated rings. The molecule has 4 heterocycles. The summed E-state index contributed by atoms with van der Waals surface area (Å²) in [6, 6.07) is 6.06. The fourth-order valence-electron chi connectivity index (χ4n) is 3.63. The van der Waals surface area contributed by atoms with E-state index in [0.29, 0.717) is 6.42 Å². The predicted octanol–water partition coefficient (Wildman–Crippen LogP) is 2.78. The Morgan fingerprint density at radius 3 is 3.00 bits per heavy atom. The van der Waals surface area contributed by atoms with Crippen LogP contribution in [0.1, 0.15) is 28.8 Å². The van der Waals surface area contributed by atoms with Crippen molar-refractivity contribution in [2.24, 2.45) is 0 Å². The Bertz CT molecular complexity index is 690. The van der Waals surface area contributed by atoms with E-state index in [1.54, 1.807) is 23.7 Å². The zero-order chi connectivity index (χ0) is 15.7. The molecule has 120 valence electrons. The Morgan fingerprint density at radius 2 is 2.22 bits per heavy atom. The van der Waals surface area contributed by atoms with Crippen LogP contribution >= 0.6 is 11.3 Å². The molecule has 4 nitrogen and oxygen atoms in total. The standard InChI is InChI=1S/C18H20N2O2S/c21-16(12-14-2-1-7-19-13-14)20-8-5-18(6-9-20)17-15(3-10-22-18)4-11-23-17/h1-2,4,7,11,13H,3,5-6,8-10,12H2. The lowest BCUT2D eigenvalue weighted by Crippen LogP contribution is -2.48. The van der Waals surface area contributed by atoms with Crippen molar-refractivity contribution in [3.8, 4) is 0 Å². The number of carbonyl (C=O) groups excluding carboxylic acids is 1. The number of nitrogens with zero attached hydrogens (tertiary/aromatic N) is 2. The summed E-state index contributed by atoms with van der Waals surface area (Å²) >= 11 is 1.81. The van der Waals surface area contributed by atoms with Crippen LogP contribution in [0.25, 0.3) is 0 Å². The average molecular weight is 328 g/mol. The summed E-state index contributed by atoms with van der Waals surface area (Å²) in [5, 5.41) is 2.17. The third-order valence-electron chi connectivity index (χ3n) is 4.91. The number of aromatic nitrogens is 1. The smallest absolute Gasteiger partial charge is 0.227 e. The number of likely N-dealkylation sites (tertiary alicyclic amines) is 1. The molecule has 0 aromatic carbocycles. The number of amides is 1. The molecule has 0 bridgehead atoms. The topological polar surface area (TPSA) is 42.4 Å². The van der Waals surface area contributed by atoms with Gasteiger partial charge in [-0.3, -0.25) is 9.78 Å². The quantitative estimate of drug-likeness (QED) is 0.851. The van der Waals surface area contributed by atoms with Crippen LogP contribution in [0, 0.1) is 0 Å². The highest BCUT2D eigenvalue weighted by Gasteiger charge is 2.42. The second-order valence-electron chi connectivity index (χ2n) is 6.29. The summed E-state index contributed by atoms with van der Waals surface area (Å²) in [6.07, 6.45) is 6.76.